The van der Waals surface area contributed by atoms with Gasteiger partial charge < -0.3 is 0 Å². The highest BCUT2D eigenvalue weighted by molar-refractivity contribution is 5.23. The molecule has 0 saturated heterocycles. The summed E-state index contributed by atoms with van der Waals surface area (Å²) < 4.78 is 0. The van der Waals surface area contributed by atoms with Gasteiger partial charge in [0.1, 0.15) is 0 Å². The minimum Gasteiger partial charge on any atom is -0.269 e. The first-order valence-electron chi connectivity index (χ1n) is 4.44. The zero-order valence-corrected chi connectivity index (χ0v) is 7.84. The summed E-state index contributed by atoms with van der Waals surface area (Å²) in [6.45, 7) is 4.42. The Morgan fingerprint density at radius 1 is 1.08 bits per heavy atom. The molecule has 0 radical (unpaired) electrons. The van der Waals surface area contributed by atoms with E-state index in [-0.39, 0.29) is 4.70 Å². The van der Waals surface area contributed by atoms with E-state index in [1.54, 1.807) is 0 Å². The van der Waals surface area contributed by atoms with Gasteiger partial charge in [-0.2, -0.15) is 0 Å². The third-order valence-corrected chi connectivity index (χ3v) is 1.94. The van der Waals surface area contributed by atoms with Crippen LogP contribution < -0.4 is 0 Å². The van der Waals surface area contributed by atoms with Crippen molar-refractivity contribution in [3.05, 3.63) is 35.4 Å². The minimum atomic E-state index is 0. The SMILES string of the molecule is CCCc1cccc(CC)c1.F. The lowest BCUT2D eigenvalue weighted by Crippen LogP contribution is -1.85. The van der Waals surface area contributed by atoms with Crippen molar-refractivity contribution in [1.82, 2.24) is 0 Å². The molecule has 0 N–H and O–H groups in total. The fraction of sp³-hybridized carbons (Fsp3) is 0.455. The van der Waals surface area contributed by atoms with Crippen LogP contribution in [-0.2, 0) is 12.8 Å². The van der Waals surface area contributed by atoms with E-state index in [4.69, 9.17) is 0 Å². The highest BCUT2D eigenvalue weighted by Crippen LogP contribution is 2.07. The Hall–Kier alpha value is -0.850. The zero-order chi connectivity index (χ0) is 8.10. The number of benzene rings is 1. The molecular weight excluding hydrogens is 151 g/mol. The Balaban J connectivity index is 0.00000121. The van der Waals surface area contributed by atoms with Crippen LogP contribution in [0.3, 0.4) is 0 Å². The summed E-state index contributed by atoms with van der Waals surface area (Å²) >= 11 is 0. The quantitative estimate of drug-likeness (QED) is 0.649. The van der Waals surface area contributed by atoms with Gasteiger partial charge in [0.25, 0.3) is 0 Å². The van der Waals surface area contributed by atoms with E-state index >= 15 is 0 Å². The Morgan fingerprint density at radius 2 is 1.75 bits per heavy atom. The van der Waals surface area contributed by atoms with Gasteiger partial charge in [-0.05, 0) is 24.0 Å². The molecule has 0 aliphatic carbocycles. The average Bonchev–Trinajstić information content (AvgIpc) is 2.06. The highest BCUT2D eigenvalue weighted by atomic mass is 19.0. The van der Waals surface area contributed by atoms with Crippen LogP contribution in [0.5, 0.6) is 0 Å². The summed E-state index contributed by atoms with van der Waals surface area (Å²) in [6, 6.07) is 8.87. The number of halogens is 1. The molecule has 0 aliphatic rings. The summed E-state index contributed by atoms with van der Waals surface area (Å²) in [7, 11) is 0. The van der Waals surface area contributed by atoms with Crippen molar-refractivity contribution in [2.75, 3.05) is 0 Å². The van der Waals surface area contributed by atoms with E-state index in [0.717, 1.165) is 6.42 Å². The van der Waals surface area contributed by atoms with Crippen LogP contribution in [0.2, 0.25) is 0 Å². The molecule has 0 amide bonds. The van der Waals surface area contributed by atoms with Crippen LogP contribution in [0, 0.1) is 0 Å². The molecule has 1 aromatic carbocycles. The summed E-state index contributed by atoms with van der Waals surface area (Å²) in [5.74, 6) is 0. The average molecular weight is 168 g/mol. The zero-order valence-electron chi connectivity index (χ0n) is 7.84. The molecule has 1 aromatic rings. The molecular formula is C11H17F. The molecule has 1 rings (SSSR count). The van der Waals surface area contributed by atoms with Crippen molar-refractivity contribution in [3.63, 3.8) is 0 Å². The second-order valence-electron chi connectivity index (χ2n) is 2.92. The molecule has 0 spiro atoms. The fourth-order valence-electron chi connectivity index (χ4n) is 1.29. The molecule has 1 heteroatoms. The Bertz CT molecular complexity index is 218. The molecule has 0 bridgehead atoms. The van der Waals surface area contributed by atoms with Crippen molar-refractivity contribution in [3.8, 4) is 0 Å². The molecule has 68 valence electrons. The van der Waals surface area contributed by atoms with E-state index in [9.17, 15) is 0 Å². The van der Waals surface area contributed by atoms with Crippen LogP contribution in [0.25, 0.3) is 0 Å². The maximum Gasteiger partial charge on any atom is -0.0281 e. The third kappa shape index (κ3) is 3.04. The smallest absolute Gasteiger partial charge is 0.0281 e. The van der Waals surface area contributed by atoms with E-state index in [2.05, 4.69) is 38.1 Å². The molecule has 12 heavy (non-hydrogen) atoms. The molecule has 0 aromatic heterocycles. The van der Waals surface area contributed by atoms with Gasteiger partial charge in [-0.1, -0.05) is 44.5 Å². The molecule has 0 unspecified atom stereocenters. The third-order valence-electron chi connectivity index (χ3n) is 1.94. The van der Waals surface area contributed by atoms with Crippen molar-refractivity contribution in [1.29, 1.82) is 0 Å². The molecule has 0 fully saturated rings. The first-order valence-corrected chi connectivity index (χ1v) is 4.44. The largest absolute Gasteiger partial charge is 0.269 e. The number of rotatable bonds is 3. The van der Waals surface area contributed by atoms with E-state index in [1.807, 2.05) is 0 Å². The van der Waals surface area contributed by atoms with Gasteiger partial charge in [0.15, 0.2) is 0 Å². The molecule has 0 saturated carbocycles. The normalized spacial score (nSPS) is 9.17. The maximum atomic E-state index is 2.31. The molecule has 0 aliphatic heterocycles. The Kier molecular flexibility index (Phi) is 5.35. The van der Waals surface area contributed by atoms with Gasteiger partial charge in [0, 0.05) is 0 Å². The molecule has 0 atom stereocenters. The molecule has 0 heterocycles. The highest BCUT2D eigenvalue weighted by Gasteiger charge is 1.91. The minimum absolute atomic E-state index is 0. The van der Waals surface area contributed by atoms with Crippen LogP contribution in [0.4, 0.5) is 4.70 Å². The maximum absolute atomic E-state index is 2.31. The lowest BCUT2D eigenvalue weighted by atomic mass is 10.1. The van der Waals surface area contributed by atoms with Gasteiger partial charge in [-0.3, -0.25) is 4.70 Å². The second-order valence-corrected chi connectivity index (χ2v) is 2.92. The van der Waals surface area contributed by atoms with Gasteiger partial charge in [-0.15, -0.1) is 0 Å². The second kappa shape index (κ2) is 5.76. The standard InChI is InChI=1S/C11H16.FH/c1-3-6-11-8-5-7-10(4-2)9-11;/h5,7-9H,3-4,6H2,1-2H3;1H. The van der Waals surface area contributed by atoms with Crippen molar-refractivity contribution in [2.24, 2.45) is 0 Å². The van der Waals surface area contributed by atoms with Gasteiger partial charge >= 0.3 is 0 Å². The first kappa shape index (κ1) is 11.2. The van der Waals surface area contributed by atoms with Gasteiger partial charge in [-0.25, -0.2) is 0 Å². The van der Waals surface area contributed by atoms with Crippen LogP contribution in [-0.4, -0.2) is 0 Å². The topological polar surface area (TPSA) is 0 Å². The van der Waals surface area contributed by atoms with Gasteiger partial charge in [0.05, 0.1) is 0 Å². The lowest BCUT2D eigenvalue weighted by molar-refractivity contribution is 0.917. The summed E-state index contributed by atoms with van der Waals surface area (Å²) in [6.07, 6.45) is 3.61. The number of hydrogen-bond donors (Lipinski definition) is 0. The fourth-order valence-corrected chi connectivity index (χ4v) is 1.29. The predicted molar refractivity (Wildman–Crippen MR) is 52.3 cm³/mol. The summed E-state index contributed by atoms with van der Waals surface area (Å²) in [4.78, 5) is 0. The van der Waals surface area contributed by atoms with Crippen LogP contribution in [0.1, 0.15) is 31.4 Å². The Labute approximate surface area is 74.0 Å². The van der Waals surface area contributed by atoms with E-state index < -0.39 is 0 Å². The first-order chi connectivity index (χ1) is 5.36. The summed E-state index contributed by atoms with van der Waals surface area (Å²) in [5.41, 5.74) is 2.93. The van der Waals surface area contributed by atoms with Crippen LogP contribution >= 0.6 is 0 Å². The van der Waals surface area contributed by atoms with Crippen molar-refractivity contribution in [2.45, 2.75) is 33.1 Å². The number of aryl methyl sites for hydroxylation is 2. The molecule has 0 nitrogen and oxygen atoms in total. The van der Waals surface area contributed by atoms with Crippen molar-refractivity contribution >= 4 is 0 Å². The number of hydrogen-bond acceptors (Lipinski definition) is 0. The van der Waals surface area contributed by atoms with Crippen LogP contribution in [0.15, 0.2) is 24.3 Å². The predicted octanol–water partition coefficient (Wildman–Crippen LogP) is 3.35. The van der Waals surface area contributed by atoms with E-state index in [1.165, 1.54) is 24.0 Å². The lowest BCUT2D eigenvalue weighted by Gasteiger charge is -2.00. The summed E-state index contributed by atoms with van der Waals surface area (Å²) in [5, 5.41) is 0. The Morgan fingerprint density at radius 3 is 2.33 bits per heavy atom. The van der Waals surface area contributed by atoms with Crippen molar-refractivity contribution < 1.29 is 4.70 Å². The van der Waals surface area contributed by atoms with Gasteiger partial charge in [0.2, 0.25) is 0 Å². The monoisotopic (exact) mass is 168 g/mol. The van der Waals surface area contributed by atoms with E-state index in [0.29, 0.717) is 0 Å².